The Morgan fingerprint density at radius 2 is 1.09 bits per heavy atom. The zero-order chi connectivity index (χ0) is 23.5. The maximum absolute atomic E-state index is 9.95. The lowest BCUT2D eigenvalue weighted by atomic mass is 9.94. The van der Waals surface area contributed by atoms with Crippen LogP contribution in [-0.4, -0.2) is 10.2 Å². The first-order chi connectivity index (χ1) is 16.0. The van der Waals surface area contributed by atoms with Gasteiger partial charge in [0.15, 0.2) is 0 Å². The summed E-state index contributed by atoms with van der Waals surface area (Å²) < 4.78 is 0. The van der Waals surface area contributed by atoms with Crippen molar-refractivity contribution in [1.29, 1.82) is 0 Å². The van der Waals surface area contributed by atoms with Crippen molar-refractivity contribution in [1.82, 2.24) is 0 Å². The zero-order valence-corrected chi connectivity index (χ0v) is 19.6. The van der Waals surface area contributed by atoms with Crippen LogP contribution in [0, 0.1) is 0 Å². The summed E-state index contributed by atoms with van der Waals surface area (Å²) in [6.07, 6.45) is 0. The van der Waals surface area contributed by atoms with Crippen molar-refractivity contribution in [2.45, 2.75) is 33.6 Å². The third-order valence-electron chi connectivity index (χ3n) is 6.02. The Hall–Kier alpha value is -3.78. The average Bonchev–Trinajstić information content (AvgIpc) is 2.85. The normalized spacial score (nSPS) is 10.9. The molecular formula is C31H30O2. The summed E-state index contributed by atoms with van der Waals surface area (Å²) in [5.41, 5.74) is 1.34. The predicted molar refractivity (Wildman–Crippen MR) is 143 cm³/mol. The van der Waals surface area contributed by atoms with Crippen molar-refractivity contribution in [3.8, 4) is 11.5 Å². The molecule has 0 fully saturated rings. The van der Waals surface area contributed by atoms with Crippen LogP contribution < -0.4 is 0 Å². The Labute approximate surface area is 195 Å². The highest BCUT2D eigenvalue weighted by Crippen LogP contribution is 2.37. The van der Waals surface area contributed by atoms with Crippen LogP contribution in [-0.2, 0) is 0 Å². The predicted octanol–water partition coefficient (Wildman–Crippen LogP) is 8.98. The van der Waals surface area contributed by atoms with Crippen LogP contribution in [0.4, 0.5) is 0 Å². The zero-order valence-electron chi connectivity index (χ0n) is 19.6. The molecule has 0 saturated carbocycles. The molecule has 0 heterocycles. The number of rotatable bonds is 1. The van der Waals surface area contributed by atoms with Gasteiger partial charge in [-0.05, 0) is 62.0 Å². The number of hydrogen-bond donors (Lipinski definition) is 2. The second-order valence-electron chi connectivity index (χ2n) is 8.39. The molecule has 2 nitrogen and oxygen atoms in total. The lowest BCUT2D eigenvalue weighted by Crippen LogP contribution is -1.86. The third kappa shape index (κ3) is 4.29. The number of phenolic OH excluding ortho intramolecular Hbond substituents is 2. The molecule has 6 aromatic rings. The van der Waals surface area contributed by atoms with E-state index in [-0.39, 0.29) is 0 Å². The van der Waals surface area contributed by atoms with Crippen molar-refractivity contribution < 1.29 is 10.2 Å². The molecule has 0 bridgehead atoms. The molecule has 0 radical (unpaired) electrons. The van der Waals surface area contributed by atoms with Crippen LogP contribution in [0.3, 0.4) is 0 Å². The van der Waals surface area contributed by atoms with E-state index in [1.165, 1.54) is 37.9 Å². The van der Waals surface area contributed by atoms with Crippen molar-refractivity contribution in [2.24, 2.45) is 0 Å². The van der Waals surface area contributed by atoms with Gasteiger partial charge in [-0.2, -0.15) is 0 Å². The lowest BCUT2D eigenvalue weighted by molar-refractivity contribution is 0.476. The van der Waals surface area contributed by atoms with Gasteiger partial charge in [-0.25, -0.2) is 0 Å². The van der Waals surface area contributed by atoms with Crippen molar-refractivity contribution in [3.05, 3.63) is 96.6 Å². The van der Waals surface area contributed by atoms with Crippen LogP contribution in [0.1, 0.15) is 39.2 Å². The second-order valence-corrected chi connectivity index (χ2v) is 8.39. The molecule has 6 rings (SSSR count). The molecule has 0 aliphatic heterocycles. The highest BCUT2D eigenvalue weighted by Gasteiger charge is 2.09. The summed E-state index contributed by atoms with van der Waals surface area (Å²) in [5, 5.41) is 28.5. The molecule has 0 aromatic heterocycles. The minimum absolute atomic E-state index is 0.329. The summed E-state index contributed by atoms with van der Waals surface area (Å²) >= 11 is 0. The van der Waals surface area contributed by atoms with E-state index in [0.29, 0.717) is 17.4 Å². The Bertz CT molecular complexity index is 1510. The summed E-state index contributed by atoms with van der Waals surface area (Å²) in [4.78, 5) is 0. The minimum Gasteiger partial charge on any atom is -0.508 e. The third-order valence-corrected chi connectivity index (χ3v) is 6.02. The Kier molecular flexibility index (Phi) is 6.37. The van der Waals surface area contributed by atoms with Gasteiger partial charge < -0.3 is 10.2 Å². The Balaban J connectivity index is 0.000000149. The van der Waals surface area contributed by atoms with Gasteiger partial charge in [-0.15, -0.1) is 0 Å². The SMILES string of the molecule is CC.CC(C)c1ccc2cc(O)ccc2c1.Oc1ccc2ccc3cccc4ccc1c2c34. The smallest absolute Gasteiger partial charge is 0.123 e. The van der Waals surface area contributed by atoms with E-state index in [4.69, 9.17) is 0 Å². The van der Waals surface area contributed by atoms with Crippen LogP contribution >= 0.6 is 0 Å². The van der Waals surface area contributed by atoms with Crippen LogP contribution in [0.5, 0.6) is 11.5 Å². The van der Waals surface area contributed by atoms with Gasteiger partial charge in [0.05, 0.1) is 0 Å². The molecule has 0 saturated heterocycles. The standard InChI is InChI=1S/C16H10O.C13H14O.C2H6/c17-14-9-7-12-5-4-10-2-1-3-11-6-8-13(14)16(12)15(10)11;1-9(2)10-3-4-12-8-13(14)6-5-11(12)7-10;1-2/h1-9,17H;3-9,14H,1-2H3;1-2H3. The van der Waals surface area contributed by atoms with Gasteiger partial charge in [-0.3, -0.25) is 0 Å². The molecular weight excluding hydrogens is 404 g/mol. The van der Waals surface area contributed by atoms with Crippen molar-refractivity contribution >= 4 is 43.1 Å². The average molecular weight is 435 g/mol. The quantitative estimate of drug-likeness (QED) is 0.253. The number of hydrogen-bond acceptors (Lipinski definition) is 2. The van der Waals surface area contributed by atoms with E-state index in [1.807, 2.05) is 32.0 Å². The fourth-order valence-corrected chi connectivity index (χ4v) is 4.33. The largest absolute Gasteiger partial charge is 0.508 e. The lowest BCUT2D eigenvalue weighted by Gasteiger charge is -2.11. The molecule has 0 atom stereocenters. The van der Waals surface area contributed by atoms with E-state index >= 15 is 0 Å². The van der Waals surface area contributed by atoms with Crippen LogP contribution in [0.2, 0.25) is 0 Å². The molecule has 33 heavy (non-hydrogen) atoms. The van der Waals surface area contributed by atoms with Gasteiger partial charge in [0.2, 0.25) is 0 Å². The molecule has 2 N–H and O–H groups in total. The molecule has 6 aromatic carbocycles. The van der Waals surface area contributed by atoms with Gasteiger partial charge >= 0.3 is 0 Å². The van der Waals surface area contributed by atoms with Crippen LogP contribution in [0.25, 0.3) is 43.1 Å². The van der Waals surface area contributed by atoms with E-state index in [2.05, 4.69) is 68.4 Å². The number of aromatic hydroxyl groups is 2. The summed E-state index contributed by atoms with van der Waals surface area (Å²) in [6, 6.07) is 30.2. The fourth-order valence-electron chi connectivity index (χ4n) is 4.33. The van der Waals surface area contributed by atoms with Crippen molar-refractivity contribution in [3.63, 3.8) is 0 Å². The summed E-state index contributed by atoms with van der Waals surface area (Å²) in [6.45, 7) is 8.36. The maximum Gasteiger partial charge on any atom is 0.123 e. The van der Waals surface area contributed by atoms with E-state index < -0.39 is 0 Å². The molecule has 0 amide bonds. The topological polar surface area (TPSA) is 40.5 Å². The monoisotopic (exact) mass is 434 g/mol. The molecule has 166 valence electrons. The van der Waals surface area contributed by atoms with Gasteiger partial charge in [-0.1, -0.05) is 100 Å². The number of fused-ring (bicyclic) bond motifs is 1. The van der Waals surface area contributed by atoms with E-state index in [0.717, 1.165) is 10.8 Å². The van der Waals surface area contributed by atoms with Crippen LogP contribution in [0.15, 0.2) is 91.0 Å². The number of phenols is 2. The highest BCUT2D eigenvalue weighted by molar-refractivity contribution is 6.24. The van der Waals surface area contributed by atoms with Gasteiger partial charge in [0.1, 0.15) is 11.5 Å². The molecule has 0 spiro atoms. The second kappa shape index (κ2) is 9.38. The first kappa shape index (κ1) is 22.4. The summed E-state index contributed by atoms with van der Waals surface area (Å²) in [7, 11) is 0. The maximum atomic E-state index is 9.95. The van der Waals surface area contributed by atoms with E-state index in [1.54, 1.807) is 18.2 Å². The van der Waals surface area contributed by atoms with Gasteiger partial charge in [0, 0.05) is 10.8 Å². The van der Waals surface area contributed by atoms with Crippen molar-refractivity contribution in [2.75, 3.05) is 0 Å². The fraction of sp³-hybridized carbons (Fsp3) is 0.161. The van der Waals surface area contributed by atoms with E-state index in [9.17, 15) is 10.2 Å². The Morgan fingerprint density at radius 3 is 1.79 bits per heavy atom. The molecule has 0 aliphatic rings. The first-order valence-electron chi connectivity index (χ1n) is 11.6. The highest BCUT2D eigenvalue weighted by atomic mass is 16.3. The van der Waals surface area contributed by atoms with Gasteiger partial charge in [0.25, 0.3) is 0 Å². The molecule has 0 unspecified atom stereocenters. The molecule has 0 aliphatic carbocycles. The number of benzene rings is 6. The molecule has 2 heteroatoms. The first-order valence-corrected chi connectivity index (χ1v) is 11.6. The Morgan fingerprint density at radius 1 is 0.545 bits per heavy atom. The summed E-state index contributed by atoms with van der Waals surface area (Å²) in [5.74, 6) is 1.23. The minimum atomic E-state index is 0.329.